The number of cyclic esters (lactones) is 1. The molecule has 146 valence electrons. The normalized spacial score (nSPS) is 18.2. The molecule has 0 saturated heterocycles. The summed E-state index contributed by atoms with van der Waals surface area (Å²) in [4.78, 5) is 29.6. The summed E-state index contributed by atoms with van der Waals surface area (Å²) in [5.74, 6) is 0.0416. The van der Waals surface area contributed by atoms with Crippen LogP contribution < -0.4 is 10.2 Å². The fourth-order valence-corrected chi connectivity index (χ4v) is 4.32. The molecule has 1 aromatic heterocycles. The number of rotatable bonds is 3. The molecule has 4 rings (SSSR count). The summed E-state index contributed by atoms with van der Waals surface area (Å²) in [7, 11) is 1.67. The lowest BCUT2D eigenvalue weighted by Gasteiger charge is -2.29. The number of carbonyl (C=O) groups is 2. The van der Waals surface area contributed by atoms with Crippen molar-refractivity contribution in [3.8, 4) is 11.1 Å². The minimum absolute atomic E-state index is 0.0212. The van der Waals surface area contributed by atoms with Crippen LogP contribution in [0.15, 0.2) is 24.5 Å². The summed E-state index contributed by atoms with van der Waals surface area (Å²) in [6.07, 6.45) is 6.56. The lowest BCUT2D eigenvalue weighted by Crippen LogP contribution is -2.32. The maximum Gasteiger partial charge on any atom is 0.414 e. The Kier molecular flexibility index (Phi) is 4.98. The Hall–Kier alpha value is -2.60. The second kappa shape index (κ2) is 7.43. The van der Waals surface area contributed by atoms with Crippen LogP contribution in [0.5, 0.6) is 0 Å². The SMILES string of the molecule is CCC(=O)N[C@@H]1CCCc2c(-c3ccc4c(c3Cl)COC(=O)N4C)cncc21. The highest BCUT2D eigenvalue weighted by atomic mass is 35.5. The Bertz CT molecular complexity index is 960. The quantitative estimate of drug-likeness (QED) is 0.830. The van der Waals surface area contributed by atoms with Crippen molar-refractivity contribution in [2.75, 3.05) is 11.9 Å². The summed E-state index contributed by atoms with van der Waals surface area (Å²) in [5, 5.41) is 3.68. The van der Waals surface area contributed by atoms with E-state index in [0.717, 1.165) is 47.2 Å². The number of anilines is 1. The molecular formula is C21H22ClN3O3. The molecule has 0 radical (unpaired) electrons. The molecule has 7 heteroatoms. The Labute approximate surface area is 168 Å². The number of nitrogens with zero attached hydrogens (tertiary/aromatic N) is 2. The second-order valence-electron chi connectivity index (χ2n) is 7.16. The number of pyridine rings is 1. The number of aromatic nitrogens is 1. The lowest BCUT2D eigenvalue weighted by molar-refractivity contribution is -0.121. The molecule has 0 spiro atoms. The minimum atomic E-state index is -0.385. The van der Waals surface area contributed by atoms with Gasteiger partial charge in [0.05, 0.1) is 16.8 Å². The van der Waals surface area contributed by atoms with Crippen molar-refractivity contribution in [2.24, 2.45) is 0 Å². The van der Waals surface area contributed by atoms with Crippen molar-refractivity contribution in [3.05, 3.63) is 46.2 Å². The zero-order valence-electron chi connectivity index (χ0n) is 15.9. The standard InChI is InChI=1S/C21H22ClN3O3/c1-3-19(26)24-17-6-4-5-12-14(9-23-10-15(12)17)13-7-8-18-16(20(13)22)11-28-21(27)25(18)2/h7-10,17H,3-6,11H2,1-2H3,(H,24,26)/t17-/m1/s1. The van der Waals surface area contributed by atoms with Crippen molar-refractivity contribution in [1.29, 1.82) is 0 Å². The number of nitrogens with one attached hydrogen (secondary N) is 1. The van der Waals surface area contributed by atoms with Gasteiger partial charge in [0.1, 0.15) is 6.61 Å². The van der Waals surface area contributed by atoms with Crippen LogP contribution in [-0.4, -0.2) is 24.0 Å². The van der Waals surface area contributed by atoms with E-state index in [-0.39, 0.29) is 24.6 Å². The average molecular weight is 400 g/mol. The molecular weight excluding hydrogens is 378 g/mol. The number of halogens is 1. The van der Waals surface area contributed by atoms with Crippen LogP contribution in [0.1, 0.15) is 48.9 Å². The molecule has 1 atom stereocenters. The number of carbonyl (C=O) groups excluding carboxylic acids is 2. The third-order valence-corrected chi connectivity index (χ3v) is 5.96. The zero-order valence-corrected chi connectivity index (χ0v) is 16.7. The van der Waals surface area contributed by atoms with Crippen LogP contribution in [0.4, 0.5) is 10.5 Å². The minimum Gasteiger partial charge on any atom is -0.444 e. The highest BCUT2D eigenvalue weighted by molar-refractivity contribution is 6.34. The van der Waals surface area contributed by atoms with Crippen LogP contribution in [-0.2, 0) is 22.6 Å². The first-order valence-corrected chi connectivity index (χ1v) is 9.87. The Morgan fingerprint density at radius 1 is 1.32 bits per heavy atom. The summed E-state index contributed by atoms with van der Waals surface area (Å²) in [6, 6.07) is 3.81. The van der Waals surface area contributed by atoms with Gasteiger partial charge in [-0.15, -0.1) is 0 Å². The van der Waals surface area contributed by atoms with E-state index in [1.807, 2.05) is 31.5 Å². The van der Waals surface area contributed by atoms with E-state index in [2.05, 4.69) is 10.3 Å². The maximum absolute atomic E-state index is 11.9. The van der Waals surface area contributed by atoms with Gasteiger partial charge in [-0.1, -0.05) is 24.6 Å². The van der Waals surface area contributed by atoms with Gasteiger partial charge >= 0.3 is 6.09 Å². The molecule has 2 amide bonds. The number of hydrogen-bond donors (Lipinski definition) is 1. The van der Waals surface area contributed by atoms with E-state index in [9.17, 15) is 9.59 Å². The van der Waals surface area contributed by atoms with Crippen LogP contribution in [0.2, 0.25) is 5.02 Å². The zero-order chi connectivity index (χ0) is 19.8. The van der Waals surface area contributed by atoms with E-state index in [1.54, 1.807) is 7.05 Å². The van der Waals surface area contributed by atoms with E-state index in [1.165, 1.54) is 10.5 Å². The first kappa shape index (κ1) is 18.7. The number of fused-ring (bicyclic) bond motifs is 2. The average Bonchev–Trinajstić information content (AvgIpc) is 2.71. The molecule has 1 aliphatic carbocycles. The molecule has 2 aromatic rings. The van der Waals surface area contributed by atoms with Crippen molar-refractivity contribution in [3.63, 3.8) is 0 Å². The lowest BCUT2D eigenvalue weighted by atomic mass is 9.84. The van der Waals surface area contributed by atoms with Crippen LogP contribution >= 0.6 is 11.6 Å². The van der Waals surface area contributed by atoms with Gasteiger partial charge in [0.25, 0.3) is 0 Å². The van der Waals surface area contributed by atoms with Gasteiger partial charge in [-0.05, 0) is 36.5 Å². The van der Waals surface area contributed by atoms with Gasteiger partial charge in [0.2, 0.25) is 5.91 Å². The molecule has 6 nitrogen and oxygen atoms in total. The molecule has 1 aromatic carbocycles. The topological polar surface area (TPSA) is 71.5 Å². The van der Waals surface area contributed by atoms with Gasteiger partial charge in [-0.3, -0.25) is 14.7 Å². The van der Waals surface area contributed by atoms with Gasteiger partial charge in [-0.2, -0.15) is 0 Å². The summed E-state index contributed by atoms with van der Waals surface area (Å²) < 4.78 is 5.21. The van der Waals surface area contributed by atoms with Gasteiger partial charge in [0.15, 0.2) is 0 Å². The van der Waals surface area contributed by atoms with Gasteiger partial charge in [-0.25, -0.2) is 4.79 Å². The fourth-order valence-electron chi connectivity index (χ4n) is 4.00. The number of amides is 2. The highest BCUT2D eigenvalue weighted by Crippen LogP contribution is 2.42. The maximum atomic E-state index is 11.9. The monoisotopic (exact) mass is 399 g/mol. The third-order valence-electron chi connectivity index (χ3n) is 5.53. The predicted octanol–water partition coefficient (Wildman–Crippen LogP) is 4.39. The Morgan fingerprint density at radius 3 is 2.93 bits per heavy atom. The van der Waals surface area contributed by atoms with Crippen molar-refractivity contribution in [2.45, 2.75) is 45.3 Å². The van der Waals surface area contributed by atoms with Crippen molar-refractivity contribution < 1.29 is 14.3 Å². The number of benzene rings is 1. The molecule has 2 aliphatic rings. The fraction of sp³-hybridized carbons (Fsp3) is 0.381. The van der Waals surface area contributed by atoms with Crippen molar-refractivity contribution >= 4 is 29.3 Å². The number of hydrogen-bond acceptors (Lipinski definition) is 4. The van der Waals surface area contributed by atoms with Crippen molar-refractivity contribution in [1.82, 2.24) is 10.3 Å². The van der Waals surface area contributed by atoms with Crippen LogP contribution in [0.25, 0.3) is 11.1 Å². The van der Waals surface area contributed by atoms with E-state index in [4.69, 9.17) is 16.3 Å². The van der Waals surface area contributed by atoms with Crippen LogP contribution in [0.3, 0.4) is 0 Å². The first-order chi connectivity index (χ1) is 13.5. The Morgan fingerprint density at radius 2 is 2.14 bits per heavy atom. The van der Waals surface area contributed by atoms with E-state index in [0.29, 0.717) is 11.4 Å². The van der Waals surface area contributed by atoms with Gasteiger partial charge in [0, 0.05) is 42.6 Å². The molecule has 0 fully saturated rings. The van der Waals surface area contributed by atoms with E-state index >= 15 is 0 Å². The summed E-state index contributed by atoms with van der Waals surface area (Å²) >= 11 is 6.74. The predicted molar refractivity (Wildman–Crippen MR) is 107 cm³/mol. The molecule has 1 aliphatic heterocycles. The molecule has 2 heterocycles. The largest absolute Gasteiger partial charge is 0.444 e. The molecule has 1 N–H and O–H groups in total. The summed E-state index contributed by atoms with van der Waals surface area (Å²) in [6.45, 7) is 2.01. The highest BCUT2D eigenvalue weighted by Gasteiger charge is 2.28. The second-order valence-corrected chi connectivity index (χ2v) is 7.54. The summed E-state index contributed by atoms with van der Waals surface area (Å²) in [5.41, 5.74) is 5.63. The molecule has 0 bridgehead atoms. The molecule has 0 unspecified atom stereocenters. The third kappa shape index (κ3) is 3.11. The molecule has 28 heavy (non-hydrogen) atoms. The number of ether oxygens (including phenoxy) is 1. The van der Waals surface area contributed by atoms with E-state index < -0.39 is 0 Å². The first-order valence-electron chi connectivity index (χ1n) is 9.49. The Balaban J connectivity index is 1.78. The van der Waals surface area contributed by atoms with Gasteiger partial charge < -0.3 is 10.1 Å². The molecule has 0 saturated carbocycles. The smallest absolute Gasteiger partial charge is 0.414 e. The van der Waals surface area contributed by atoms with Crippen LogP contribution in [0, 0.1) is 0 Å².